The summed E-state index contributed by atoms with van der Waals surface area (Å²) in [6, 6.07) is 0. The van der Waals surface area contributed by atoms with Crippen molar-refractivity contribution in [3.63, 3.8) is 0 Å². The van der Waals surface area contributed by atoms with Crippen LogP contribution in [0.25, 0.3) is 0 Å². The van der Waals surface area contributed by atoms with E-state index in [0.29, 0.717) is 0 Å². The summed E-state index contributed by atoms with van der Waals surface area (Å²) in [7, 11) is 2.73. The van der Waals surface area contributed by atoms with Gasteiger partial charge in [-0.15, -0.1) is 0 Å². The number of hydrogen-bond acceptors (Lipinski definition) is 6. The van der Waals surface area contributed by atoms with Crippen molar-refractivity contribution < 1.29 is 28.5 Å². The lowest BCUT2D eigenvalue weighted by Crippen LogP contribution is -2.33. The largest absolute Gasteiger partial charge is 0.453 e. The van der Waals surface area contributed by atoms with Gasteiger partial charge in [-0.05, 0) is 0 Å². The molecule has 2 heterocycles. The van der Waals surface area contributed by atoms with Crippen molar-refractivity contribution in [2.24, 2.45) is 0 Å². The first-order valence-corrected chi connectivity index (χ1v) is 4.15. The third-order valence-electron chi connectivity index (χ3n) is 2.40. The number of hydrogen-bond donors (Lipinski definition) is 0. The first-order chi connectivity index (χ1) is 6.69. The Hall–Kier alpha value is -1.14. The van der Waals surface area contributed by atoms with Crippen LogP contribution in [0.3, 0.4) is 0 Å². The van der Waals surface area contributed by atoms with Crippen LogP contribution in [0.15, 0.2) is 0 Å². The molecule has 4 unspecified atom stereocenters. The number of fused-ring (bicyclic) bond motifs is 1. The van der Waals surface area contributed by atoms with Gasteiger partial charge in [-0.25, -0.2) is 9.59 Å². The van der Waals surface area contributed by atoms with E-state index in [1.807, 2.05) is 0 Å². The van der Waals surface area contributed by atoms with Gasteiger partial charge in [-0.1, -0.05) is 0 Å². The summed E-state index contributed by atoms with van der Waals surface area (Å²) in [5.74, 6) is -1.03. The van der Waals surface area contributed by atoms with Gasteiger partial charge in [0, 0.05) is 14.2 Å². The molecule has 2 fully saturated rings. The number of carbonyl (C=O) groups excluding carboxylic acids is 2. The Bertz CT molecular complexity index is 247. The molecule has 0 N–H and O–H groups in total. The molecule has 2 aliphatic heterocycles. The summed E-state index contributed by atoms with van der Waals surface area (Å²) in [6.07, 6.45) is -3.01. The molecular formula is C8H10O6. The first kappa shape index (κ1) is 9.42. The molecule has 78 valence electrons. The number of carbonyl (C=O) groups is 2. The second-order valence-corrected chi connectivity index (χ2v) is 3.12. The summed E-state index contributed by atoms with van der Waals surface area (Å²) < 4.78 is 19.6. The molecule has 6 nitrogen and oxygen atoms in total. The normalized spacial score (nSPS) is 40.7. The molecule has 0 aromatic rings. The summed E-state index contributed by atoms with van der Waals surface area (Å²) in [5.41, 5.74) is 0. The van der Waals surface area contributed by atoms with Crippen molar-refractivity contribution >= 4 is 11.9 Å². The average Bonchev–Trinajstić information content (AvgIpc) is 2.58. The lowest BCUT2D eigenvalue weighted by atomic mass is 10.1. The molecule has 14 heavy (non-hydrogen) atoms. The predicted octanol–water partition coefficient (Wildman–Crippen LogP) is -1.13. The Morgan fingerprint density at radius 1 is 0.929 bits per heavy atom. The van der Waals surface area contributed by atoms with Gasteiger partial charge in [0.2, 0.25) is 0 Å². The highest BCUT2D eigenvalue weighted by Crippen LogP contribution is 2.31. The molecule has 0 bridgehead atoms. The van der Waals surface area contributed by atoms with E-state index in [1.165, 1.54) is 14.2 Å². The zero-order chi connectivity index (χ0) is 10.3. The average molecular weight is 202 g/mol. The fourth-order valence-corrected chi connectivity index (χ4v) is 1.73. The van der Waals surface area contributed by atoms with Gasteiger partial charge in [0.05, 0.1) is 0 Å². The maximum Gasteiger partial charge on any atom is 0.339 e. The minimum atomic E-state index is -0.830. The van der Waals surface area contributed by atoms with Gasteiger partial charge in [-0.2, -0.15) is 0 Å². The van der Waals surface area contributed by atoms with Gasteiger partial charge in [-0.3, -0.25) is 0 Å². The van der Waals surface area contributed by atoms with Gasteiger partial charge in [0.1, 0.15) is 0 Å². The monoisotopic (exact) mass is 202 g/mol. The predicted molar refractivity (Wildman–Crippen MR) is 41.4 cm³/mol. The lowest BCUT2D eigenvalue weighted by molar-refractivity contribution is -0.161. The molecule has 2 aliphatic rings. The van der Waals surface area contributed by atoms with Crippen LogP contribution in [0.2, 0.25) is 0 Å². The van der Waals surface area contributed by atoms with Crippen LogP contribution in [0.5, 0.6) is 0 Å². The molecule has 0 saturated carbocycles. The summed E-state index contributed by atoms with van der Waals surface area (Å²) >= 11 is 0. The minimum Gasteiger partial charge on any atom is -0.453 e. The van der Waals surface area contributed by atoms with E-state index in [-0.39, 0.29) is 0 Å². The molecule has 0 radical (unpaired) electrons. The van der Waals surface area contributed by atoms with Crippen molar-refractivity contribution in [2.75, 3.05) is 14.2 Å². The second kappa shape index (κ2) is 3.21. The van der Waals surface area contributed by atoms with Crippen LogP contribution in [-0.4, -0.2) is 50.6 Å². The van der Waals surface area contributed by atoms with Gasteiger partial charge < -0.3 is 18.9 Å². The Labute approximate surface area is 80.1 Å². The summed E-state index contributed by atoms with van der Waals surface area (Å²) in [4.78, 5) is 22.4. The fourth-order valence-electron chi connectivity index (χ4n) is 1.73. The molecule has 2 saturated heterocycles. The van der Waals surface area contributed by atoms with Gasteiger partial charge in [0.15, 0.2) is 24.4 Å². The highest BCUT2D eigenvalue weighted by Gasteiger charge is 2.58. The Morgan fingerprint density at radius 3 is 1.57 bits per heavy atom. The van der Waals surface area contributed by atoms with E-state index in [0.717, 1.165) is 0 Å². The Kier molecular flexibility index (Phi) is 2.16. The number of methoxy groups -OCH3 is 2. The summed E-state index contributed by atoms with van der Waals surface area (Å²) in [6.45, 7) is 0. The van der Waals surface area contributed by atoms with Crippen molar-refractivity contribution in [2.45, 2.75) is 24.4 Å². The maximum atomic E-state index is 11.2. The maximum absolute atomic E-state index is 11.2. The standard InChI is InChI=1S/C8H10O6/c1-11-5-3-4(14-7(5)9)6(12-2)8(10)13-3/h3-6H,1-2H3. The molecule has 0 amide bonds. The molecular weight excluding hydrogens is 192 g/mol. The number of rotatable bonds is 2. The van der Waals surface area contributed by atoms with E-state index in [9.17, 15) is 9.59 Å². The lowest BCUT2D eigenvalue weighted by Gasteiger charge is -2.10. The minimum absolute atomic E-state index is 0.517. The van der Waals surface area contributed by atoms with Crippen LogP contribution >= 0.6 is 0 Å². The van der Waals surface area contributed by atoms with Crippen LogP contribution < -0.4 is 0 Å². The van der Waals surface area contributed by atoms with Crippen molar-refractivity contribution in [3.05, 3.63) is 0 Å². The molecule has 2 rings (SSSR count). The Balaban J connectivity index is 2.20. The third-order valence-corrected chi connectivity index (χ3v) is 2.40. The van der Waals surface area contributed by atoms with Crippen molar-refractivity contribution in [1.29, 1.82) is 0 Å². The smallest absolute Gasteiger partial charge is 0.339 e. The van der Waals surface area contributed by atoms with Gasteiger partial charge >= 0.3 is 11.9 Å². The molecule has 0 aliphatic carbocycles. The molecule has 4 atom stereocenters. The van der Waals surface area contributed by atoms with Crippen LogP contribution in [0.4, 0.5) is 0 Å². The zero-order valence-electron chi connectivity index (χ0n) is 7.76. The molecule has 0 spiro atoms. The highest BCUT2D eigenvalue weighted by molar-refractivity contribution is 5.85. The highest BCUT2D eigenvalue weighted by atomic mass is 16.7. The van der Waals surface area contributed by atoms with E-state index in [1.54, 1.807) is 0 Å². The topological polar surface area (TPSA) is 71.1 Å². The van der Waals surface area contributed by atoms with E-state index < -0.39 is 36.4 Å². The number of esters is 2. The Morgan fingerprint density at radius 2 is 1.29 bits per heavy atom. The van der Waals surface area contributed by atoms with Crippen LogP contribution in [-0.2, 0) is 28.5 Å². The molecule has 0 aromatic heterocycles. The van der Waals surface area contributed by atoms with Crippen molar-refractivity contribution in [3.8, 4) is 0 Å². The molecule has 0 aromatic carbocycles. The zero-order valence-corrected chi connectivity index (χ0v) is 7.76. The van der Waals surface area contributed by atoms with E-state index in [4.69, 9.17) is 18.9 Å². The summed E-state index contributed by atoms with van der Waals surface area (Å²) in [5, 5.41) is 0. The quantitative estimate of drug-likeness (QED) is 0.527. The number of ether oxygens (including phenoxy) is 4. The van der Waals surface area contributed by atoms with Crippen LogP contribution in [0, 0.1) is 0 Å². The first-order valence-electron chi connectivity index (χ1n) is 4.15. The second-order valence-electron chi connectivity index (χ2n) is 3.12. The third kappa shape index (κ3) is 1.11. The molecule has 6 heteroatoms. The SMILES string of the molecule is COC1C(=O)OC2C(OC)C(=O)OC12. The van der Waals surface area contributed by atoms with Gasteiger partial charge in [0.25, 0.3) is 0 Å². The van der Waals surface area contributed by atoms with Crippen molar-refractivity contribution in [1.82, 2.24) is 0 Å². The van der Waals surface area contributed by atoms with Crippen LogP contribution in [0.1, 0.15) is 0 Å². The fraction of sp³-hybridized carbons (Fsp3) is 0.750. The van der Waals surface area contributed by atoms with E-state index >= 15 is 0 Å². The van der Waals surface area contributed by atoms with E-state index in [2.05, 4.69) is 0 Å².